The molecule has 0 amide bonds. The first-order valence-corrected chi connectivity index (χ1v) is 6.34. The van der Waals surface area contributed by atoms with Gasteiger partial charge in [-0.15, -0.1) is 0 Å². The summed E-state index contributed by atoms with van der Waals surface area (Å²) in [5, 5.41) is 9.06. The predicted octanol–water partition coefficient (Wildman–Crippen LogP) is 3.73. The molecule has 0 saturated carbocycles. The van der Waals surface area contributed by atoms with Gasteiger partial charge in [-0.2, -0.15) is 0 Å². The van der Waals surface area contributed by atoms with E-state index >= 15 is 0 Å². The SMILES string of the molecule is CCN(c1ccccc1F)c1nccc(C(=O)O)c1Cl. The van der Waals surface area contributed by atoms with E-state index in [1.54, 1.807) is 25.1 Å². The fourth-order valence-corrected chi connectivity index (χ4v) is 2.19. The number of carboxylic acid groups (broad SMARTS) is 1. The summed E-state index contributed by atoms with van der Waals surface area (Å²) in [6.45, 7) is 2.20. The van der Waals surface area contributed by atoms with Crippen LogP contribution >= 0.6 is 11.6 Å². The Morgan fingerprint density at radius 1 is 1.40 bits per heavy atom. The summed E-state index contributed by atoms with van der Waals surface area (Å²) in [6.07, 6.45) is 1.34. The third-order valence-electron chi connectivity index (χ3n) is 2.82. The maximum atomic E-state index is 13.9. The Morgan fingerprint density at radius 2 is 2.10 bits per heavy atom. The van der Waals surface area contributed by atoms with E-state index < -0.39 is 11.8 Å². The summed E-state index contributed by atoms with van der Waals surface area (Å²) in [7, 11) is 0. The molecule has 0 spiro atoms. The number of para-hydroxylation sites is 1. The number of hydrogen-bond acceptors (Lipinski definition) is 3. The molecule has 0 bridgehead atoms. The molecule has 0 fully saturated rings. The largest absolute Gasteiger partial charge is 0.478 e. The zero-order chi connectivity index (χ0) is 14.7. The van der Waals surface area contributed by atoms with E-state index in [2.05, 4.69) is 4.98 Å². The van der Waals surface area contributed by atoms with Gasteiger partial charge in [-0.05, 0) is 25.1 Å². The minimum Gasteiger partial charge on any atom is -0.478 e. The second-order valence-electron chi connectivity index (χ2n) is 4.00. The van der Waals surface area contributed by atoms with Crippen LogP contribution in [0.25, 0.3) is 0 Å². The highest BCUT2D eigenvalue weighted by atomic mass is 35.5. The molecule has 20 heavy (non-hydrogen) atoms. The fourth-order valence-electron chi connectivity index (χ4n) is 1.89. The number of benzene rings is 1. The lowest BCUT2D eigenvalue weighted by molar-refractivity contribution is 0.0697. The van der Waals surface area contributed by atoms with Crippen LogP contribution in [0.15, 0.2) is 36.5 Å². The van der Waals surface area contributed by atoms with Crippen LogP contribution in [0.2, 0.25) is 5.02 Å². The molecular weight excluding hydrogens is 283 g/mol. The number of carbonyl (C=O) groups is 1. The third kappa shape index (κ3) is 2.58. The smallest absolute Gasteiger partial charge is 0.337 e. The molecule has 1 N–H and O–H groups in total. The molecule has 2 rings (SSSR count). The summed E-state index contributed by atoms with van der Waals surface area (Å²) in [5.74, 6) is -1.35. The molecule has 104 valence electrons. The summed E-state index contributed by atoms with van der Waals surface area (Å²) in [5.41, 5.74) is 0.235. The minimum absolute atomic E-state index is 0.00916. The monoisotopic (exact) mass is 294 g/mol. The highest BCUT2D eigenvalue weighted by Crippen LogP contribution is 2.33. The quantitative estimate of drug-likeness (QED) is 0.933. The molecule has 0 aliphatic carbocycles. The molecule has 0 saturated heterocycles. The van der Waals surface area contributed by atoms with Gasteiger partial charge in [0.2, 0.25) is 0 Å². The molecule has 1 aromatic heterocycles. The Morgan fingerprint density at radius 3 is 2.70 bits per heavy atom. The second kappa shape index (κ2) is 5.88. The van der Waals surface area contributed by atoms with Gasteiger partial charge in [0.1, 0.15) is 5.82 Å². The van der Waals surface area contributed by atoms with Crippen molar-refractivity contribution < 1.29 is 14.3 Å². The van der Waals surface area contributed by atoms with Crippen molar-refractivity contribution in [1.82, 2.24) is 4.98 Å². The zero-order valence-corrected chi connectivity index (χ0v) is 11.4. The van der Waals surface area contributed by atoms with E-state index in [9.17, 15) is 9.18 Å². The topological polar surface area (TPSA) is 53.4 Å². The highest BCUT2D eigenvalue weighted by molar-refractivity contribution is 6.36. The zero-order valence-electron chi connectivity index (χ0n) is 10.7. The van der Waals surface area contributed by atoms with Crippen LogP contribution in [0.1, 0.15) is 17.3 Å². The van der Waals surface area contributed by atoms with Crippen LogP contribution < -0.4 is 4.90 Å². The number of rotatable bonds is 4. The third-order valence-corrected chi connectivity index (χ3v) is 3.19. The Bertz CT molecular complexity index is 649. The van der Waals surface area contributed by atoms with Crippen LogP contribution in [0.4, 0.5) is 15.9 Å². The lowest BCUT2D eigenvalue weighted by Gasteiger charge is -2.23. The van der Waals surface area contributed by atoms with Crippen molar-refractivity contribution in [1.29, 1.82) is 0 Å². The van der Waals surface area contributed by atoms with E-state index in [-0.39, 0.29) is 16.4 Å². The van der Waals surface area contributed by atoms with Gasteiger partial charge < -0.3 is 10.0 Å². The molecule has 1 heterocycles. The van der Waals surface area contributed by atoms with E-state index in [1.807, 2.05) is 0 Å². The van der Waals surface area contributed by atoms with Gasteiger partial charge in [-0.1, -0.05) is 23.7 Å². The van der Waals surface area contributed by atoms with Crippen LogP contribution in [-0.2, 0) is 0 Å². The maximum absolute atomic E-state index is 13.9. The number of pyridine rings is 1. The van der Waals surface area contributed by atoms with Crippen molar-refractivity contribution >= 4 is 29.1 Å². The van der Waals surface area contributed by atoms with Crippen molar-refractivity contribution in [3.63, 3.8) is 0 Å². The average molecular weight is 295 g/mol. The number of halogens is 2. The van der Waals surface area contributed by atoms with Crippen LogP contribution in [0.5, 0.6) is 0 Å². The fraction of sp³-hybridized carbons (Fsp3) is 0.143. The van der Waals surface area contributed by atoms with Crippen molar-refractivity contribution in [2.45, 2.75) is 6.92 Å². The normalized spacial score (nSPS) is 10.3. The molecule has 0 radical (unpaired) electrons. The average Bonchev–Trinajstić information content (AvgIpc) is 2.43. The number of aromatic nitrogens is 1. The van der Waals surface area contributed by atoms with E-state index in [4.69, 9.17) is 16.7 Å². The van der Waals surface area contributed by atoms with Crippen molar-refractivity contribution in [3.8, 4) is 0 Å². The van der Waals surface area contributed by atoms with E-state index in [0.29, 0.717) is 12.2 Å². The summed E-state index contributed by atoms with van der Waals surface area (Å²) < 4.78 is 13.9. The summed E-state index contributed by atoms with van der Waals surface area (Å²) >= 11 is 6.07. The number of anilines is 2. The molecule has 0 atom stereocenters. The number of nitrogens with zero attached hydrogens (tertiary/aromatic N) is 2. The van der Waals surface area contributed by atoms with Crippen molar-refractivity contribution in [2.24, 2.45) is 0 Å². The van der Waals surface area contributed by atoms with Crippen LogP contribution in [0.3, 0.4) is 0 Å². The first-order chi connectivity index (χ1) is 9.56. The van der Waals surface area contributed by atoms with Gasteiger partial charge in [-0.3, -0.25) is 0 Å². The molecule has 6 heteroatoms. The maximum Gasteiger partial charge on any atom is 0.337 e. The lowest BCUT2D eigenvalue weighted by Crippen LogP contribution is -2.20. The minimum atomic E-state index is -1.15. The molecule has 0 aliphatic rings. The highest BCUT2D eigenvalue weighted by Gasteiger charge is 2.20. The first kappa shape index (κ1) is 14.3. The predicted molar refractivity (Wildman–Crippen MR) is 75.3 cm³/mol. The summed E-state index contributed by atoms with van der Waals surface area (Å²) in [4.78, 5) is 16.7. The Kier molecular flexibility index (Phi) is 4.20. The second-order valence-corrected chi connectivity index (χ2v) is 4.37. The number of carboxylic acids is 1. The first-order valence-electron chi connectivity index (χ1n) is 5.96. The van der Waals surface area contributed by atoms with Crippen LogP contribution in [-0.4, -0.2) is 22.6 Å². The van der Waals surface area contributed by atoms with Gasteiger partial charge in [0.25, 0.3) is 0 Å². The molecule has 1 aromatic carbocycles. The van der Waals surface area contributed by atoms with E-state index in [1.165, 1.54) is 23.2 Å². The van der Waals surface area contributed by atoms with Gasteiger partial charge in [-0.25, -0.2) is 14.2 Å². The Labute approximate surface area is 120 Å². The Balaban J connectivity index is 2.56. The number of hydrogen-bond donors (Lipinski definition) is 1. The standard InChI is InChI=1S/C14H12ClFN2O2/c1-2-18(11-6-4-3-5-10(11)16)13-12(15)9(14(19)20)7-8-17-13/h3-8H,2H2,1H3,(H,19,20). The van der Waals surface area contributed by atoms with E-state index in [0.717, 1.165) is 0 Å². The Hall–Kier alpha value is -2.14. The summed E-state index contributed by atoms with van der Waals surface area (Å²) in [6, 6.07) is 7.49. The molecule has 0 unspecified atom stereocenters. The number of aromatic carboxylic acids is 1. The van der Waals surface area contributed by atoms with Crippen LogP contribution in [0, 0.1) is 5.82 Å². The molecule has 2 aromatic rings. The van der Waals surface area contributed by atoms with Gasteiger partial charge >= 0.3 is 5.97 Å². The van der Waals surface area contributed by atoms with Gasteiger partial charge in [0.15, 0.2) is 5.82 Å². The van der Waals surface area contributed by atoms with Crippen molar-refractivity contribution in [2.75, 3.05) is 11.4 Å². The molecule has 0 aliphatic heterocycles. The van der Waals surface area contributed by atoms with Gasteiger partial charge in [0, 0.05) is 12.7 Å². The molecular formula is C14H12ClFN2O2. The lowest BCUT2D eigenvalue weighted by atomic mass is 10.2. The van der Waals surface area contributed by atoms with Gasteiger partial charge in [0.05, 0.1) is 16.3 Å². The van der Waals surface area contributed by atoms with Crippen molar-refractivity contribution in [3.05, 3.63) is 52.9 Å². The molecule has 4 nitrogen and oxygen atoms in total.